The van der Waals surface area contributed by atoms with Gasteiger partial charge in [-0.25, -0.2) is 0 Å². The largest absolute Gasteiger partial charge is 0.379 e. The number of halogens is 1. The van der Waals surface area contributed by atoms with E-state index in [0.717, 1.165) is 58.3 Å². The maximum absolute atomic E-state index is 5.45. The van der Waals surface area contributed by atoms with Gasteiger partial charge in [0.1, 0.15) is 0 Å². The molecule has 2 heterocycles. The van der Waals surface area contributed by atoms with Gasteiger partial charge in [-0.3, -0.25) is 9.89 Å². The van der Waals surface area contributed by atoms with Crippen molar-refractivity contribution in [1.29, 1.82) is 0 Å². The molecule has 1 fully saturated rings. The standard InChI is InChI=1S/C17H29BrN4OS/c1-4-19-16(20-8-7-14-5-6-15(18)24-14)21-13-17(2,3)22-9-11-23-12-10-22/h5-6H,4,7-13H2,1-3H3,(H2,19,20,21). The summed E-state index contributed by atoms with van der Waals surface area (Å²) in [6, 6.07) is 4.27. The third kappa shape index (κ3) is 6.35. The number of nitrogens with one attached hydrogen (secondary N) is 2. The zero-order chi connectivity index (χ0) is 17.4. The third-order valence-electron chi connectivity index (χ3n) is 4.13. The quantitative estimate of drug-likeness (QED) is 0.529. The lowest BCUT2D eigenvalue weighted by molar-refractivity contribution is -0.00683. The van der Waals surface area contributed by atoms with Crippen molar-refractivity contribution in [3.05, 3.63) is 20.8 Å². The second-order valence-electron chi connectivity index (χ2n) is 6.49. The van der Waals surface area contributed by atoms with Gasteiger partial charge < -0.3 is 15.4 Å². The third-order valence-corrected chi connectivity index (χ3v) is 5.81. The molecule has 0 radical (unpaired) electrons. The van der Waals surface area contributed by atoms with Crippen LogP contribution in [-0.4, -0.2) is 62.3 Å². The van der Waals surface area contributed by atoms with Crippen LogP contribution in [0.2, 0.25) is 0 Å². The maximum atomic E-state index is 5.45. The second kappa shape index (κ2) is 9.75. The SMILES string of the molecule is CCNC(=NCC(C)(C)N1CCOCC1)NCCc1ccc(Br)s1. The fourth-order valence-corrected chi connectivity index (χ4v) is 4.16. The van der Waals surface area contributed by atoms with E-state index in [1.165, 1.54) is 8.66 Å². The highest BCUT2D eigenvalue weighted by Gasteiger charge is 2.28. The summed E-state index contributed by atoms with van der Waals surface area (Å²) >= 11 is 5.30. The van der Waals surface area contributed by atoms with E-state index in [-0.39, 0.29) is 5.54 Å². The number of rotatable bonds is 7. The van der Waals surface area contributed by atoms with Crippen molar-refractivity contribution in [3.8, 4) is 0 Å². The molecule has 0 saturated carbocycles. The van der Waals surface area contributed by atoms with Crippen molar-refractivity contribution >= 4 is 33.2 Å². The molecule has 136 valence electrons. The summed E-state index contributed by atoms with van der Waals surface area (Å²) in [7, 11) is 0. The number of thiophene rings is 1. The Bertz CT molecular complexity index is 526. The van der Waals surface area contributed by atoms with E-state index >= 15 is 0 Å². The molecule has 0 aromatic carbocycles. The van der Waals surface area contributed by atoms with Crippen LogP contribution in [0.4, 0.5) is 0 Å². The first-order chi connectivity index (χ1) is 11.5. The number of ether oxygens (including phenoxy) is 1. The number of morpholine rings is 1. The fraction of sp³-hybridized carbons (Fsp3) is 0.706. The van der Waals surface area contributed by atoms with Crippen LogP contribution < -0.4 is 10.6 Å². The number of guanidine groups is 1. The molecular formula is C17H29BrN4OS. The predicted molar refractivity (Wildman–Crippen MR) is 106 cm³/mol. The summed E-state index contributed by atoms with van der Waals surface area (Å²) in [5, 5.41) is 6.78. The van der Waals surface area contributed by atoms with Crippen molar-refractivity contribution < 1.29 is 4.74 Å². The van der Waals surface area contributed by atoms with Crippen LogP contribution in [0.25, 0.3) is 0 Å². The van der Waals surface area contributed by atoms with Crippen LogP contribution in [0.1, 0.15) is 25.6 Å². The van der Waals surface area contributed by atoms with Gasteiger partial charge in [0, 0.05) is 36.6 Å². The van der Waals surface area contributed by atoms with Gasteiger partial charge in [-0.2, -0.15) is 0 Å². The summed E-state index contributed by atoms with van der Waals surface area (Å²) in [6.07, 6.45) is 1.01. The molecule has 1 aromatic rings. The first-order valence-electron chi connectivity index (χ1n) is 8.60. The van der Waals surface area contributed by atoms with E-state index in [9.17, 15) is 0 Å². The summed E-state index contributed by atoms with van der Waals surface area (Å²) < 4.78 is 6.64. The molecule has 5 nitrogen and oxygen atoms in total. The van der Waals surface area contributed by atoms with Crippen molar-refractivity contribution in [2.45, 2.75) is 32.7 Å². The lowest BCUT2D eigenvalue weighted by Crippen LogP contribution is -2.52. The van der Waals surface area contributed by atoms with Crippen LogP contribution in [0.15, 0.2) is 20.9 Å². The van der Waals surface area contributed by atoms with Crippen LogP contribution in [-0.2, 0) is 11.2 Å². The molecule has 0 aliphatic carbocycles. The van der Waals surface area contributed by atoms with Gasteiger partial charge >= 0.3 is 0 Å². The Kier molecular flexibility index (Phi) is 8.00. The number of hydrogen-bond acceptors (Lipinski definition) is 4. The average molecular weight is 417 g/mol. The molecule has 0 spiro atoms. The normalized spacial score (nSPS) is 17.1. The van der Waals surface area contributed by atoms with Gasteiger partial charge in [0.2, 0.25) is 0 Å². The Morgan fingerprint density at radius 1 is 1.33 bits per heavy atom. The molecule has 24 heavy (non-hydrogen) atoms. The first kappa shape index (κ1) is 19.7. The van der Waals surface area contributed by atoms with E-state index in [0.29, 0.717) is 0 Å². The zero-order valence-electron chi connectivity index (χ0n) is 14.9. The molecule has 1 saturated heterocycles. The molecular weight excluding hydrogens is 388 g/mol. The van der Waals surface area contributed by atoms with Crippen molar-refractivity contribution in [1.82, 2.24) is 15.5 Å². The number of aliphatic imine (C=N–C) groups is 1. The van der Waals surface area contributed by atoms with E-state index in [4.69, 9.17) is 9.73 Å². The van der Waals surface area contributed by atoms with E-state index in [2.05, 4.69) is 64.4 Å². The predicted octanol–water partition coefficient (Wildman–Crippen LogP) is 2.72. The van der Waals surface area contributed by atoms with Crippen LogP contribution in [0.5, 0.6) is 0 Å². The number of hydrogen-bond donors (Lipinski definition) is 2. The average Bonchev–Trinajstić information content (AvgIpc) is 2.99. The molecule has 0 unspecified atom stereocenters. The van der Waals surface area contributed by atoms with Crippen molar-refractivity contribution in [3.63, 3.8) is 0 Å². The molecule has 1 aromatic heterocycles. The minimum Gasteiger partial charge on any atom is -0.379 e. The Labute approximate surface area is 158 Å². The monoisotopic (exact) mass is 416 g/mol. The lowest BCUT2D eigenvalue weighted by atomic mass is 10.0. The highest BCUT2D eigenvalue weighted by Crippen LogP contribution is 2.22. The van der Waals surface area contributed by atoms with Gasteiger partial charge in [0.25, 0.3) is 0 Å². The Hall–Kier alpha value is -0.630. The van der Waals surface area contributed by atoms with Gasteiger partial charge in [-0.05, 0) is 55.3 Å². The zero-order valence-corrected chi connectivity index (χ0v) is 17.3. The van der Waals surface area contributed by atoms with Crippen LogP contribution in [0.3, 0.4) is 0 Å². The van der Waals surface area contributed by atoms with Gasteiger partial charge in [-0.15, -0.1) is 11.3 Å². The number of nitrogens with zero attached hydrogens (tertiary/aromatic N) is 2. The Morgan fingerprint density at radius 2 is 2.08 bits per heavy atom. The highest BCUT2D eigenvalue weighted by molar-refractivity contribution is 9.11. The van der Waals surface area contributed by atoms with Gasteiger partial charge in [0.05, 0.1) is 23.5 Å². The highest BCUT2D eigenvalue weighted by atomic mass is 79.9. The molecule has 7 heteroatoms. The van der Waals surface area contributed by atoms with Gasteiger partial charge in [-0.1, -0.05) is 0 Å². The molecule has 0 amide bonds. The molecule has 0 bridgehead atoms. The van der Waals surface area contributed by atoms with Gasteiger partial charge in [0.15, 0.2) is 5.96 Å². The first-order valence-corrected chi connectivity index (χ1v) is 10.2. The molecule has 2 rings (SSSR count). The molecule has 2 N–H and O–H groups in total. The Balaban J connectivity index is 1.84. The summed E-state index contributed by atoms with van der Waals surface area (Å²) in [5.41, 5.74) is 0.0464. The van der Waals surface area contributed by atoms with E-state index in [1.54, 1.807) is 11.3 Å². The minimum atomic E-state index is 0.0464. The van der Waals surface area contributed by atoms with E-state index in [1.807, 2.05) is 0 Å². The smallest absolute Gasteiger partial charge is 0.191 e. The topological polar surface area (TPSA) is 48.9 Å². The van der Waals surface area contributed by atoms with Crippen molar-refractivity contribution in [2.75, 3.05) is 45.9 Å². The summed E-state index contributed by atoms with van der Waals surface area (Å²) in [5.74, 6) is 0.898. The van der Waals surface area contributed by atoms with E-state index < -0.39 is 0 Å². The minimum absolute atomic E-state index is 0.0464. The lowest BCUT2D eigenvalue weighted by Gasteiger charge is -2.39. The molecule has 0 atom stereocenters. The maximum Gasteiger partial charge on any atom is 0.191 e. The Morgan fingerprint density at radius 3 is 2.71 bits per heavy atom. The van der Waals surface area contributed by atoms with Crippen LogP contribution in [0, 0.1) is 0 Å². The molecule has 1 aliphatic rings. The summed E-state index contributed by atoms with van der Waals surface area (Å²) in [4.78, 5) is 8.64. The fourth-order valence-electron chi connectivity index (χ4n) is 2.67. The van der Waals surface area contributed by atoms with Crippen LogP contribution >= 0.6 is 27.3 Å². The molecule has 1 aliphatic heterocycles. The second-order valence-corrected chi connectivity index (χ2v) is 9.04. The van der Waals surface area contributed by atoms with Crippen molar-refractivity contribution in [2.24, 2.45) is 4.99 Å². The summed E-state index contributed by atoms with van der Waals surface area (Å²) in [6.45, 7) is 12.8.